The van der Waals surface area contributed by atoms with Gasteiger partial charge in [0.2, 0.25) is 5.89 Å². The van der Waals surface area contributed by atoms with Crippen molar-refractivity contribution in [2.45, 2.75) is 18.2 Å². The van der Waals surface area contributed by atoms with Crippen LogP contribution in [0.15, 0.2) is 57.9 Å². The van der Waals surface area contributed by atoms with E-state index in [1.807, 2.05) is 6.07 Å². The van der Waals surface area contributed by atoms with Crippen LogP contribution in [0.3, 0.4) is 0 Å². The summed E-state index contributed by atoms with van der Waals surface area (Å²) in [5, 5.41) is 7.16. The normalized spacial score (nSPS) is 11.5. The standard InChI is InChI=1S/C19H17ClN6O3S/c1-12-22-17(29-25-12)9-10-21-18-19(24-16-8-3-2-7-15(16)23-18)26-30(27,28)14-6-4-5-13(20)11-14/h2-8,11H,9-10H2,1H3,(H,21,23)(H,24,26). The van der Waals surface area contributed by atoms with Crippen LogP contribution in [0.1, 0.15) is 11.7 Å². The SMILES string of the molecule is Cc1noc(CCNc2nc3ccccc3nc2NS(=O)(=O)c2cccc(Cl)c2)n1. The van der Waals surface area contributed by atoms with Crippen LogP contribution in [0, 0.1) is 6.92 Å². The topological polar surface area (TPSA) is 123 Å². The van der Waals surface area contributed by atoms with Crippen LogP contribution in [-0.2, 0) is 16.4 Å². The van der Waals surface area contributed by atoms with Crippen molar-refractivity contribution in [2.24, 2.45) is 0 Å². The molecule has 0 radical (unpaired) electrons. The van der Waals surface area contributed by atoms with Crippen molar-refractivity contribution in [3.05, 3.63) is 65.3 Å². The predicted octanol–water partition coefficient (Wildman–Crippen LogP) is 3.43. The monoisotopic (exact) mass is 444 g/mol. The molecule has 0 aliphatic heterocycles. The molecule has 0 bridgehead atoms. The van der Waals surface area contributed by atoms with Crippen molar-refractivity contribution in [3.8, 4) is 0 Å². The lowest BCUT2D eigenvalue weighted by Crippen LogP contribution is -2.17. The summed E-state index contributed by atoms with van der Waals surface area (Å²) in [7, 11) is -3.92. The van der Waals surface area contributed by atoms with Gasteiger partial charge in [-0.25, -0.2) is 18.4 Å². The second-order valence-corrected chi connectivity index (χ2v) is 8.50. The summed E-state index contributed by atoms with van der Waals surface area (Å²) in [6.07, 6.45) is 0.440. The fourth-order valence-electron chi connectivity index (χ4n) is 2.74. The Morgan fingerprint density at radius 1 is 1.00 bits per heavy atom. The largest absolute Gasteiger partial charge is 0.366 e. The third kappa shape index (κ3) is 4.50. The highest BCUT2D eigenvalue weighted by molar-refractivity contribution is 7.92. The maximum atomic E-state index is 12.8. The fraction of sp³-hybridized carbons (Fsp3) is 0.158. The van der Waals surface area contributed by atoms with E-state index in [-0.39, 0.29) is 16.5 Å². The lowest BCUT2D eigenvalue weighted by molar-refractivity contribution is 0.377. The Labute approximate surface area is 177 Å². The molecule has 0 spiro atoms. The molecule has 4 rings (SSSR count). The molecule has 2 N–H and O–H groups in total. The van der Waals surface area contributed by atoms with Crippen LogP contribution in [-0.4, -0.2) is 35.1 Å². The van der Waals surface area contributed by atoms with Crippen molar-refractivity contribution in [3.63, 3.8) is 0 Å². The van der Waals surface area contributed by atoms with Gasteiger partial charge in [0.05, 0.1) is 15.9 Å². The molecule has 2 aromatic carbocycles. The van der Waals surface area contributed by atoms with Gasteiger partial charge in [-0.15, -0.1) is 0 Å². The first kappa shape index (κ1) is 20.0. The van der Waals surface area contributed by atoms with Crippen LogP contribution >= 0.6 is 11.6 Å². The highest BCUT2D eigenvalue weighted by Gasteiger charge is 2.19. The average molecular weight is 445 g/mol. The number of sulfonamides is 1. The number of rotatable bonds is 7. The van der Waals surface area contributed by atoms with E-state index in [0.29, 0.717) is 40.7 Å². The van der Waals surface area contributed by atoms with Crippen molar-refractivity contribution in [1.29, 1.82) is 0 Å². The van der Waals surface area contributed by atoms with Crippen LogP contribution in [0.5, 0.6) is 0 Å². The summed E-state index contributed by atoms with van der Waals surface area (Å²) < 4.78 is 33.3. The molecule has 11 heteroatoms. The van der Waals surface area contributed by atoms with E-state index in [1.165, 1.54) is 12.1 Å². The summed E-state index contributed by atoms with van der Waals surface area (Å²) >= 11 is 5.94. The molecule has 0 aliphatic carbocycles. The number of anilines is 2. The zero-order chi connectivity index (χ0) is 21.1. The van der Waals surface area contributed by atoms with Gasteiger partial charge in [-0.3, -0.25) is 4.72 Å². The van der Waals surface area contributed by atoms with Gasteiger partial charge in [0.25, 0.3) is 10.0 Å². The first-order valence-electron chi connectivity index (χ1n) is 8.99. The van der Waals surface area contributed by atoms with Crippen molar-refractivity contribution in [1.82, 2.24) is 20.1 Å². The maximum absolute atomic E-state index is 12.8. The number of nitrogens with one attached hydrogen (secondary N) is 2. The van der Waals surface area contributed by atoms with Gasteiger partial charge in [0, 0.05) is 18.0 Å². The molecule has 0 amide bonds. The van der Waals surface area contributed by atoms with E-state index in [0.717, 1.165) is 0 Å². The van der Waals surface area contributed by atoms with Crippen LogP contribution in [0.4, 0.5) is 11.6 Å². The maximum Gasteiger partial charge on any atom is 0.263 e. The van der Waals surface area contributed by atoms with Gasteiger partial charge in [-0.05, 0) is 37.3 Å². The Morgan fingerprint density at radius 3 is 2.40 bits per heavy atom. The lowest BCUT2D eigenvalue weighted by Gasteiger charge is -2.13. The molecule has 2 aromatic heterocycles. The molecule has 0 atom stereocenters. The zero-order valence-corrected chi connectivity index (χ0v) is 17.4. The molecule has 154 valence electrons. The Hall–Kier alpha value is -3.24. The number of benzene rings is 2. The van der Waals surface area contributed by atoms with Crippen LogP contribution in [0.25, 0.3) is 11.0 Å². The third-order valence-electron chi connectivity index (χ3n) is 4.11. The molecule has 0 unspecified atom stereocenters. The van der Waals surface area contributed by atoms with Crippen molar-refractivity contribution in [2.75, 3.05) is 16.6 Å². The Kier molecular flexibility index (Phi) is 5.51. The minimum atomic E-state index is -3.92. The van der Waals surface area contributed by atoms with Gasteiger partial charge >= 0.3 is 0 Å². The van der Waals surface area contributed by atoms with Gasteiger partial charge in [-0.1, -0.05) is 35.0 Å². The first-order valence-corrected chi connectivity index (χ1v) is 10.8. The number of fused-ring (bicyclic) bond motifs is 1. The highest BCUT2D eigenvalue weighted by atomic mass is 35.5. The Bertz CT molecular complexity index is 1310. The predicted molar refractivity (Wildman–Crippen MR) is 113 cm³/mol. The number of hydrogen-bond acceptors (Lipinski definition) is 8. The molecule has 0 saturated heterocycles. The molecule has 4 aromatic rings. The summed E-state index contributed by atoms with van der Waals surface area (Å²) in [5.74, 6) is 1.38. The highest BCUT2D eigenvalue weighted by Crippen LogP contribution is 2.25. The molecule has 2 heterocycles. The number of halogens is 1. The van der Waals surface area contributed by atoms with E-state index < -0.39 is 10.0 Å². The molecule has 0 aliphatic rings. The van der Waals surface area contributed by atoms with Crippen molar-refractivity contribution < 1.29 is 12.9 Å². The summed E-state index contributed by atoms with van der Waals surface area (Å²) in [6, 6.07) is 13.2. The lowest BCUT2D eigenvalue weighted by atomic mass is 10.3. The number of aryl methyl sites for hydroxylation is 1. The van der Waals surface area contributed by atoms with Gasteiger partial charge in [-0.2, -0.15) is 4.98 Å². The third-order valence-corrected chi connectivity index (χ3v) is 5.68. The van der Waals surface area contributed by atoms with E-state index >= 15 is 0 Å². The summed E-state index contributed by atoms with van der Waals surface area (Å²) in [5.41, 5.74) is 1.18. The Balaban J connectivity index is 1.64. The zero-order valence-electron chi connectivity index (χ0n) is 15.8. The molecular weight excluding hydrogens is 428 g/mol. The summed E-state index contributed by atoms with van der Waals surface area (Å²) in [4.78, 5) is 13.1. The minimum absolute atomic E-state index is 0.0252. The molecular formula is C19H17ClN6O3S. The second kappa shape index (κ2) is 8.25. The van der Waals surface area contributed by atoms with Gasteiger partial charge in [0.15, 0.2) is 17.5 Å². The number of hydrogen-bond donors (Lipinski definition) is 2. The second-order valence-electron chi connectivity index (χ2n) is 6.38. The van der Waals surface area contributed by atoms with E-state index in [2.05, 4.69) is 30.1 Å². The number of para-hydroxylation sites is 2. The Morgan fingerprint density at radius 2 is 1.73 bits per heavy atom. The fourth-order valence-corrected chi connectivity index (χ4v) is 4.05. The van der Waals surface area contributed by atoms with Crippen molar-refractivity contribution >= 4 is 44.3 Å². The van der Waals surface area contributed by atoms with E-state index in [4.69, 9.17) is 16.1 Å². The number of aromatic nitrogens is 4. The average Bonchev–Trinajstić information content (AvgIpc) is 3.13. The smallest absolute Gasteiger partial charge is 0.263 e. The van der Waals surface area contributed by atoms with Crippen LogP contribution < -0.4 is 10.0 Å². The van der Waals surface area contributed by atoms with E-state index in [1.54, 1.807) is 37.3 Å². The van der Waals surface area contributed by atoms with Crippen LogP contribution in [0.2, 0.25) is 5.02 Å². The quantitative estimate of drug-likeness (QED) is 0.444. The molecule has 0 saturated carbocycles. The van der Waals surface area contributed by atoms with Gasteiger partial charge < -0.3 is 9.84 Å². The van der Waals surface area contributed by atoms with E-state index in [9.17, 15) is 8.42 Å². The number of nitrogens with zero attached hydrogens (tertiary/aromatic N) is 4. The molecule has 0 fully saturated rings. The van der Waals surface area contributed by atoms with Gasteiger partial charge in [0.1, 0.15) is 0 Å². The minimum Gasteiger partial charge on any atom is -0.366 e. The molecule has 30 heavy (non-hydrogen) atoms. The first-order chi connectivity index (χ1) is 14.4. The summed E-state index contributed by atoms with van der Waals surface area (Å²) in [6.45, 7) is 2.12. The molecule has 9 nitrogen and oxygen atoms in total.